The van der Waals surface area contributed by atoms with E-state index < -0.39 is 30.4 Å². The highest BCUT2D eigenvalue weighted by Gasteiger charge is 2.34. The standard InChI is InChI=1S/C16H15F4N3O2/c17-11-4-2-10(3-5-11)13(9-16(18,19)20)21-15(24)12-8-14-23(22-12)6-1-7-25-14/h2-5,8,13H,1,6-7,9H2,(H,21,24). The molecule has 1 aromatic heterocycles. The van der Waals surface area contributed by atoms with E-state index in [9.17, 15) is 22.4 Å². The number of rotatable bonds is 4. The number of halogens is 4. The summed E-state index contributed by atoms with van der Waals surface area (Å²) in [5.41, 5.74) is 0.137. The maximum Gasteiger partial charge on any atom is 0.391 e. The summed E-state index contributed by atoms with van der Waals surface area (Å²) < 4.78 is 58.4. The number of ether oxygens (including phenoxy) is 1. The number of nitrogens with one attached hydrogen (secondary N) is 1. The van der Waals surface area contributed by atoms with Crippen LogP contribution in [0.2, 0.25) is 0 Å². The fourth-order valence-electron chi connectivity index (χ4n) is 2.59. The first kappa shape index (κ1) is 17.2. The molecule has 1 N–H and O–H groups in total. The quantitative estimate of drug-likeness (QED) is 0.855. The zero-order valence-corrected chi connectivity index (χ0v) is 13.0. The first-order chi connectivity index (χ1) is 11.8. The lowest BCUT2D eigenvalue weighted by Crippen LogP contribution is -2.32. The zero-order chi connectivity index (χ0) is 18.0. The van der Waals surface area contributed by atoms with E-state index >= 15 is 0 Å². The molecule has 0 bridgehead atoms. The van der Waals surface area contributed by atoms with Crippen molar-refractivity contribution in [2.45, 2.75) is 31.6 Å². The van der Waals surface area contributed by atoms with Crippen LogP contribution in [0.4, 0.5) is 17.6 Å². The number of aromatic nitrogens is 2. The topological polar surface area (TPSA) is 56.2 Å². The molecule has 0 fully saturated rings. The highest BCUT2D eigenvalue weighted by atomic mass is 19.4. The van der Waals surface area contributed by atoms with Gasteiger partial charge in [0.15, 0.2) is 5.69 Å². The molecule has 2 heterocycles. The molecule has 1 unspecified atom stereocenters. The zero-order valence-electron chi connectivity index (χ0n) is 13.0. The Morgan fingerprint density at radius 3 is 2.68 bits per heavy atom. The Morgan fingerprint density at radius 2 is 2.04 bits per heavy atom. The average molecular weight is 357 g/mol. The van der Waals surface area contributed by atoms with Crippen LogP contribution in [0, 0.1) is 5.82 Å². The van der Waals surface area contributed by atoms with Gasteiger partial charge < -0.3 is 10.1 Å². The van der Waals surface area contributed by atoms with Gasteiger partial charge in [-0.2, -0.15) is 18.3 Å². The van der Waals surface area contributed by atoms with Gasteiger partial charge in [-0.25, -0.2) is 9.07 Å². The van der Waals surface area contributed by atoms with E-state index in [1.54, 1.807) is 0 Å². The van der Waals surface area contributed by atoms with Crippen LogP contribution in [0.1, 0.15) is 34.9 Å². The predicted octanol–water partition coefficient (Wildman–Crippen LogP) is 3.23. The van der Waals surface area contributed by atoms with Crippen molar-refractivity contribution in [3.63, 3.8) is 0 Å². The van der Waals surface area contributed by atoms with E-state index in [-0.39, 0.29) is 11.3 Å². The number of benzene rings is 1. The molecule has 0 spiro atoms. The number of carbonyl (C=O) groups is 1. The van der Waals surface area contributed by atoms with E-state index in [1.165, 1.54) is 22.9 Å². The molecule has 134 valence electrons. The Hall–Kier alpha value is -2.58. The van der Waals surface area contributed by atoms with E-state index in [1.807, 2.05) is 0 Å². The van der Waals surface area contributed by atoms with Gasteiger partial charge in [-0.1, -0.05) is 12.1 Å². The summed E-state index contributed by atoms with van der Waals surface area (Å²) in [6.45, 7) is 1.07. The molecular weight excluding hydrogens is 342 g/mol. The van der Waals surface area contributed by atoms with Crippen LogP contribution in [0.5, 0.6) is 5.88 Å². The van der Waals surface area contributed by atoms with Gasteiger partial charge in [-0.05, 0) is 17.7 Å². The fourth-order valence-corrected chi connectivity index (χ4v) is 2.59. The van der Waals surface area contributed by atoms with Crippen molar-refractivity contribution in [2.24, 2.45) is 0 Å². The van der Waals surface area contributed by atoms with Gasteiger partial charge in [-0.15, -0.1) is 0 Å². The van der Waals surface area contributed by atoms with Gasteiger partial charge in [0.2, 0.25) is 5.88 Å². The van der Waals surface area contributed by atoms with E-state index in [0.717, 1.165) is 18.6 Å². The van der Waals surface area contributed by atoms with Gasteiger partial charge in [-0.3, -0.25) is 4.79 Å². The van der Waals surface area contributed by atoms with Gasteiger partial charge >= 0.3 is 6.18 Å². The third kappa shape index (κ3) is 4.28. The van der Waals surface area contributed by atoms with E-state index in [4.69, 9.17) is 4.74 Å². The van der Waals surface area contributed by atoms with Gasteiger partial charge in [0.25, 0.3) is 5.91 Å². The predicted molar refractivity (Wildman–Crippen MR) is 79.6 cm³/mol. The summed E-state index contributed by atoms with van der Waals surface area (Å²) in [6, 6.07) is 4.58. The number of nitrogens with zero attached hydrogens (tertiary/aromatic N) is 2. The van der Waals surface area contributed by atoms with Crippen molar-refractivity contribution >= 4 is 5.91 Å². The molecule has 2 aromatic rings. The smallest absolute Gasteiger partial charge is 0.391 e. The van der Waals surface area contributed by atoms with Crippen molar-refractivity contribution in [3.05, 3.63) is 47.4 Å². The average Bonchev–Trinajstić information content (AvgIpc) is 2.98. The van der Waals surface area contributed by atoms with Crippen molar-refractivity contribution in [1.29, 1.82) is 0 Å². The number of aryl methyl sites for hydroxylation is 1. The number of hydrogen-bond donors (Lipinski definition) is 1. The largest absolute Gasteiger partial charge is 0.478 e. The third-order valence-corrected chi connectivity index (χ3v) is 3.75. The van der Waals surface area contributed by atoms with Crippen LogP contribution in [0.15, 0.2) is 30.3 Å². The highest BCUT2D eigenvalue weighted by Crippen LogP contribution is 2.30. The maximum atomic E-state index is 13.0. The molecule has 1 atom stereocenters. The second-order valence-electron chi connectivity index (χ2n) is 5.69. The molecule has 1 aromatic carbocycles. The second kappa shape index (κ2) is 6.73. The van der Waals surface area contributed by atoms with Crippen molar-refractivity contribution in [1.82, 2.24) is 15.1 Å². The molecule has 0 saturated carbocycles. The molecule has 9 heteroatoms. The number of fused-ring (bicyclic) bond motifs is 1. The Labute approximate surface area is 140 Å². The van der Waals surface area contributed by atoms with Crippen LogP contribution in [-0.4, -0.2) is 28.5 Å². The van der Waals surface area contributed by atoms with Crippen molar-refractivity contribution in [3.8, 4) is 5.88 Å². The number of hydrogen-bond acceptors (Lipinski definition) is 3. The molecule has 3 rings (SSSR count). The first-order valence-corrected chi connectivity index (χ1v) is 7.65. The lowest BCUT2D eigenvalue weighted by Gasteiger charge is -2.20. The summed E-state index contributed by atoms with van der Waals surface area (Å²) in [5.74, 6) is -0.908. The minimum Gasteiger partial charge on any atom is -0.478 e. The Balaban J connectivity index is 1.80. The number of amides is 1. The van der Waals surface area contributed by atoms with Crippen LogP contribution in [-0.2, 0) is 6.54 Å². The van der Waals surface area contributed by atoms with Crippen molar-refractivity contribution < 1.29 is 27.1 Å². The first-order valence-electron chi connectivity index (χ1n) is 7.65. The number of carbonyl (C=O) groups excluding carboxylic acids is 1. The monoisotopic (exact) mass is 357 g/mol. The molecule has 1 aliphatic rings. The molecule has 1 amide bonds. The molecule has 5 nitrogen and oxygen atoms in total. The Kier molecular flexibility index (Phi) is 4.65. The summed E-state index contributed by atoms with van der Waals surface area (Å²) in [7, 11) is 0. The van der Waals surface area contributed by atoms with E-state index in [0.29, 0.717) is 19.0 Å². The molecule has 0 radical (unpaired) electrons. The van der Waals surface area contributed by atoms with Gasteiger partial charge in [0.05, 0.1) is 19.1 Å². The van der Waals surface area contributed by atoms with Gasteiger partial charge in [0.1, 0.15) is 5.82 Å². The lowest BCUT2D eigenvalue weighted by atomic mass is 10.0. The van der Waals surface area contributed by atoms with Crippen LogP contribution in [0.3, 0.4) is 0 Å². The SMILES string of the molecule is O=C(NC(CC(F)(F)F)c1ccc(F)cc1)c1cc2n(n1)CCCO2. The van der Waals surface area contributed by atoms with Crippen LogP contribution in [0.25, 0.3) is 0 Å². The highest BCUT2D eigenvalue weighted by molar-refractivity contribution is 5.92. The lowest BCUT2D eigenvalue weighted by molar-refractivity contribution is -0.139. The molecule has 1 aliphatic heterocycles. The second-order valence-corrected chi connectivity index (χ2v) is 5.69. The van der Waals surface area contributed by atoms with Crippen LogP contribution >= 0.6 is 0 Å². The minimum absolute atomic E-state index is 0.0220. The summed E-state index contributed by atoms with van der Waals surface area (Å²) in [4.78, 5) is 12.3. The Morgan fingerprint density at radius 1 is 1.32 bits per heavy atom. The molecule has 25 heavy (non-hydrogen) atoms. The summed E-state index contributed by atoms with van der Waals surface area (Å²) >= 11 is 0. The van der Waals surface area contributed by atoms with Gasteiger partial charge in [0, 0.05) is 19.0 Å². The van der Waals surface area contributed by atoms with Crippen LogP contribution < -0.4 is 10.1 Å². The summed E-state index contributed by atoms with van der Waals surface area (Å²) in [6.07, 6.45) is -5.03. The summed E-state index contributed by atoms with van der Waals surface area (Å²) in [5, 5.41) is 6.37. The molecule has 0 saturated heterocycles. The number of alkyl halides is 3. The van der Waals surface area contributed by atoms with E-state index in [2.05, 4.69) is 10.4 Å². The molecule has 0 aliphatic carbocycles. The fraction of sp³-hybridized carbons (Fsp3) is 0.375. The Bertz CT molecular complexity index is 732. The minimum atomic E-state index is -4.50. The van der Waals surface area contributed by atoms with Crippen molar-refractivity contribution in [2.75, 3.05) is 6.61 Å². The molecular formula is C16H15F4N3O2. The normalized spacial score (nSPS) is 15.2. The maximum absolute atomic E-state index is 13.0. The third-order valence-electron chi connectivity index (χ3n) is 3.75.